The summed E-state index contributed by atoms with van der Waals surface area (Å²) in [5.41, 5.74) is 0.265. The summed E-state index contributed by atoms with van der Waals surface area (Å²) in [6, 6.07) is 11.8. The van der Waals surface area contributed by atoms with Crippen molar-refractivity contribution in [2.75, 3.05) is 0 Å². The minimum Gasteiger partial charge on any atom is -0.334 e. The van der Waals surface area contributed by atoms with Gasteiger partial charge in [-0.15, -0.1) is 0 Å². The van der Waals surface area contributed by atoms with E-state index in [1.54, 1.807) is 18.2 Å². The van der Waals surface area contributed by atoms with Gasteiger partial charge in [-0.2, -0.15) is 4.98 Å². The topological polar surface area (TPSA) is 87.0 Å². The SMILES string of the molecule is O=c1onc(-c2ccccc2F)n1C=Cc1nc(-c2ccccc2F)no1. The molecule has 0 spiro atoms. The summed E-state index contributed by atoms with van der Waals surface area (Å²) >= 11 is 0. The van der Waals surface area contributed by atoms with Crippen LogP contribution in [-0.2, 0) is 0 Å². The van der Waals surface area contributed by atoms with Crippen LogP contribution < -0.4 is 5.76 Å². The van der Waals surface area contributed by atoms with Gasteiger partial charge in [-0.1, -0.05) is 34.6 Å². The number of halogens is 2. The van der Waals surface area contributed by atoms with E-state index in [0.717, 1.165) is 4.57 Å². The summed E-state index contributed by atoms with van der Waals surface area (Å²) in [6.07, 6.45) is 2.56. The van der Waals surface area contributed by atoms with Crippen LogP contribution in [0.4, 0.5) is 8.78 Å². The first-order valence-electron chi connectivity index (χ1n) is 7.73. The van der Waals surface area contributed by atoms with Crippen molar-refractivity contribution in [1.82, 2.24) is 19.9 Å². The molecule has 0 saturated carbocycles. The molecular formula is C18H10F2N4O3. The zero-order valence-corrected chi connectivity index (χ0v) is 13.5. The van der Waals surface area contributed by atoms with E-state index < -0.39 is 17.4 Å². The van der Waals surface area contributed by atoms with Crippen LogP contribution in [0.1, 0.15) is 5.89 Å². The smallest absolute Gasteiger partial charge is 0.334 e. The van der Waals surface area contributed by atoms with Gasteiger partial charge in [-0.25, -0.2) is 18.1 Å². The molecule has 0 fully saturated rings. The largest absolute Gasteiger partial charge is 0.446 e. The maximum absolute atomic E-state index is 14.0. The normalized spacial score (nSPS) is 11.3. The Hall–Kier alpha value is -3.88. The Balaban J connectivity index is 1.67. The van der Waals surface area contributed by atoms with Crippen molar-refractivity contribution in [1.29, 1.82) is 0 Å². The zero-order chi connectivity index (χ0) is 18.8. The Morgan fingerprint density at radius 3 is 2.26 bits per heavy atom. The monoisotopic (exact) mass is 368 g/mol. The highest BCUT2D eigenvalue weighted by molar-refractivity contribution is 5.63. The molecule has 2 aromatic carbocycles. The third-order valence-electron chi connectivity index (χ3n) is 3.67. The molecule has 2 heterocycles. The van der Waals surface area contributed by atoms with Gasteiger partial charge in [0.25, 0.3) is 5.89 Å². The first-order valence-corrected chi connectivity index (χ1v) is 7.73. The molecule has 0 saturated heterocycles. The third-order valence-corrected chi connectivity index (χ3v) is 3.67. The molecule has 0 N–H and O–H groups in total. The molecule has 2 aromatic heterocycles. The van der Waals surface area contributed by atoms with Crippen molar-refractivity contribution >= 4 is 12.3 Å². The lowest BCUT2D eigenvalue weighted by Crippen LogP contribution is -2.09. The standard InChI is InChI=1S/C18H10F2N4O3/c19-13-7-3-1-5-11(13)16-21-15(26-22-16)9-10-24-17(23-27-18(24)25)12-6-2-4-8-14(12)20/h1-10H. The van der Waals surface area contributed by atoms with Gasteiger partial charge in [0.05, 0.1) is 11.1 Å². The van der Waals surface area contributed by atoms with E-state index >= 15 is 0 Å². The molecule has 27 heavy (non-hydrogen) atoms. The zero-order valence-electron chi connectivity index (χ0n) is 13.5. The number of rotatable bonds is 4. The van der Waals surface area contributed by atoms with Crippen LogP contribution in [0.15, 0.2) is 62.4 Å². The molecule has 0 aliphatic rings. The lowest BCUT2D eigenvalue weighted by molar-refractivity contribution is 0.384. The number of nitrogens with zero attached hydrogens (tertiary/aromatic N) is 4. The molecule has 134 valence electrons. The lowest BCUT2D eigenvalue weighted by atomic mass is 10.2. The minimum absolute atomic E-state index is 0.0147. The molecule has 0 bridgehead atoms. The fourth-order valence-electron chi connectivity index (χ4n) is 2.40. The summed E-state index contributed by atoms with van der Waals surface area (Å²) in [5, 5.41) is 7.29. The van der Waals surface area contributed by atoms with Crippen molar-refractivity contribution in [3.05, 3.63) is 76.6 Å². The molecule has 0 aliphatic carbocycles. The summed E-state index contributed by atoms with van der Waals surface area (Å²) in [5.74, 6) is -1.83. The molecule has 0 amide bonds. The van der Waals surface area contributed by atoms with Gasteiger partial charge in [-0.3, -0.25) is 4.52 Å². The van der Waals surface area contributed by atoms with E-state index in [-0.39, 0.29) is 28.7 Å². The summed E-state index contributed by atoms with van der Waals surface area (Å²) in [6.45, 7) is 0. The molecule has 0 atom stereocenters. The Morgan fingerprint density at radius 2 is 1.56 bits per heavy atom. The van der Waals surface area contributed by atoms with Crippen molar-refractivity contribution in [2.24, 2.45) is 0 Å². The Kier molecular flexibility index (Phi) is 4.17. The van der Waals surface area contributed by atoms with Gasteiger partial charge < -0.3 is 4.52 Å². The van der Waals surface area contributed by atoms with Gasteiger partial charge in [0.2, 0.25) is 5.82 Å². The first-order chi connectivity index (χ1) is 13.1. The maximum Gasteiger partial charge on any atom is 0.446 e. The molecule has 0 aliphatic heterocycles. The molecule has 4 rings (SSSR count). The average molecular weight is 368 g/mol. The predicted molar refractivity (Wildman–Crippen MR) is 91.1 cm³/mol. The fraction of sp³-hybridized carbons (Fsp3) is 0. The van der Waals surface area contributed by atoms with E-state index in [2.05, 4.69) is 19.8 Å². The second-order valence-electron chi connectivity index (χ2n) is 5.37. The van der Waals surface area contributed by atoms with Crippen molar-refractivity contribution in [2.45, 2.75) is 0 Å². The average Bonchev–Trinajstić information content (AvgIpc) is 3.28. The van der Waals surface area contributed by atoms with Gasteiger partial charge in [0.15, 0.2) is 5.82 Å². The number of benzene rings is 2. The highest BCUT2D eigenvalue weighted by Gasteiger charge is 2.15. The molecule has 7 nitrogen and oxygen atoms in total. The predicted octanol–water partition coefficient (Wildman–Crippen LogP) is 3.46. The maximum atomic E-state index is 14.0. The van der Waals surface area contributed by atoms with Crippen LogP contribution in [0.2, 0.25) is 0 Å². The number of aromatic nitrogens is 4. The molecule has 9 heteroatoms. The minimum atomic E-state index is -0.821. The highest BCUT2D eigenvalue weighted by atomic mass is 19.1. The highest BCUT2D eigenvalue weighted by Crippen LogP contribution is 2.21. The van der Waals surface area contributed by atoms with Crippen LogP contribution in [-0.4, -0.2) is 19.9 Å². The van der Waals surface area contributed by atoms with Crippen molar-refractivity contribution in [3.63, 3.8) is 0 Å². The second-order valence-corrected chi connectivity index (χ2v) is 5.37. The van der Waals surface area contributed by atoms with Crippen molar-refractivity contribution < 1.29 is 17.8 Å². The Morgan fingerprint density at radius 1 is 0.889 bits per heavy atom. The van der Waals surface area contributed by atoms with E-state index in [1.165, 1.54) is 42.6 Å². The summed E-state index contributed by atoms with van der Waals surface area (Å²) in [4.78, 5) is 15.9. The quantitative estimate of drug-likeness (QED) is 0.548. The second kappa shape index (κ2) is 6.79. The van der Waals surface area contributed by atoms with E-state index in [1.807, 2.05) is 0 Å². The number of hydrogen-bond acceptors (Lipinski definition) is 6. The van der Waals surface area contributed by atoms with E-state index in [9.17, 15) is 13.6 Å². The first kappa shape index (κ1) is 16.6. The van der Waals surface area contributed by atoms with Crippen LogP contribution in [0.3, 0.4) is 0 Å². The fourth-order valence-corrected chi connectivity index (χ4v) is 2.40. The molecule has 0 unspecified atom stereocenters. The Labute approximate surface area is 150 Å². The van der Waals surface area contributed by atoms with E-state index in [4.69, 9.17) is 4.52 Å². The summed E-state index contributed by atoms with van der Waals surface area (Å²) < 4.78 is 38.4. The Bertz CT molecular complexity index is 1190. The van der Waals surface area contributed by atoms with Gasteiger partial charge in [0.1, 0.15) is 11.6 Å². The van der Waals surface area contributed by atoms with Crippen LogP contribution in [0.5, 0.6) is 0 Å². The summed E-state index contributed by atoms with van der Waals surface area (Å²) in [7, 11) is 0. The molecular weight excluding hydrogens is 358 g/mol. The van der Waals surface area contributed by atoms with Gasteiger partial charge >= 0.3 is 5.76 Å². The van der Waals surface area contributed by atoms with Crippen LogP contribution in [0, 0.1) is 11.6 Å². The third kappa shape index (κ3) is 3.17. The van der Waals surface area contributed by atoms with Gasteiger partial charge in [0, 0.05) is 12.3 Å². The molecule has 0 radical (unpaired) electrons. The number of hydrogen-bond donors (Lipinski definition) is 0. The van der Waals surface area contributed by atoms with Crippen molar-refractivity contribution in [3.8, 4) is 22.8 Å². The van der Waals surface area contributed by atoms with Crippen LogP contribution in [0.25, 0.3) is 35.1 Å². The van der Waals surface area contributed by atoms with Crippen LogP contribution >= 0.6 is 0 Å². The van der Waals surface area contributed by atoms with E-state index in [0.29, 0.717) is 0 Å². The van der Waals surface area contributed by atoms with Gasteiger partial charge in [-0.05, 0) is 24.3 Å². The lowest BCUT2D eigenvalue weighted by Gasteiger charge is -2.00. The molecule has 4 aromatic rings.